The monoisotopic (exact) mass is 292 g/mol. The molecule has 0 aromatic heterocycles. The molecule has 0 atom stereocenters. The highest BCUT2D eigenvalue weighted by molar-refractivity contribution is 7.92. The number of rotatable bonds is 3. The molecule has 0 bridgehead atoms. The van der Waals surface area contributed by atoms with Crippen LogP contribution in [0.1, 0.15) is 5.56 Å². The van der Waals surface area contributed by atoms with E-state index in [1.165, 1.54) is 25.2 Å². The number of nitrogens with zero attached hydrogens (tertiary/aromatic N) is 1. The van der Waals surface area contributed by atoms with E-state index in [0.29, 0.717) is 16.9 Å². The van der Waals surface area contributed by atoms with Gasteiger partial charge in [-0.15, -0.1) is 0 Å². The molecule has 106 valence electrons. The summed E-state index contributed by atoms with van der Waals surface area (Å²) in [4.78, 5) is 0.156. The summed E-state index contributed by atoms with van der Waals surface area (Å²) in [5, 5.41) is 9.46. The number of benzene rings is 2. The lowest BCUT2D eigenvalue weighted by Gasteiger charge is -2.21. The van der Waals surface area contributed by atoms with E-state index >= 15 is 0 Å². The topological polar surface area (TPSA) is 83.6 Å². The van der Waals surface area contributed by atoms with Crippen molar-refractivity contribution in [1.29, 1.82) is 0 Å². The van der Waals surface area contributed by atoms with Gasteiger partial charge in [0.2, 0.25) is 0 Å². The van der Waals surface area contributed by atoms with Crippen LogP contribution in [0.15, 0.2) is 47.4 Å². The fraction of sp³-hybridized carbons (Fsp3) is 0.143. The van der Waals surface area contributed by atoms with Crippen LogP contribution >= 0.6 is 0 Å². The zero-order valence-electron chi connectivity index (χ0n) is 11.2. The van der Waals surface area contributed by atoms with Crippen molar-refractivity contribution in [3.05, 3.63) is 48.0 Å². The third kappa shape index (κ3) is 2.42. The number of anilines is 2. The number of nitrogens with two attached hydrogens (primary N) is 1. The second-order valence-electron chi connectivity index (χ2n) is 4.46. The van der Waals surface area contributed by atoms with Crippen molar-refractivity contribution in [1.82, 2.24) is 0 Å². The number of nitrogen functional groups attached to an aromatic ring is 1. The molecule has 0 spiro atoms. The van der Waals surface area contributed by atoms with Gasteiger partial charge < -0.3 is 10.8 Å². The summed E-state index contributed by atoms with van der Waals surface area (Å²) in [5.41, 5.74) is 7.08. The van der Waals surface area contributed by atoms with E-state index in [9.17, 15) is 13.5 Å². The zero-order valence-corrected chi connectivity index (χ0v) is 12.1. The smallest absolute Gasteiger partial charge is 0.264 e. The summed E-state index contributed by atoms with van der Waals surface area (Å²) >= 11 is 0. The van der Waals surface area contributed by atoms with Crippen molar-refractivity contribution in [3.63, 3.8) is 0 Å². The molecule has 0 saturated carbocycles. The molecule has 0 aliphatic heterocycles. The van der Waals surface area contributed by atoms with E-state index in [2.05, 4.69) is 0 Å². The van der Waals surface area contributed by atoms with E-state index < -0.39 is 10.0 Å². The highest BCUT2D eigenvalue weighted by atomic mass is 32.2. The minimum Gasteiger partial charge on any atom is -0.508 e. The van der Waals surface area contributed by atoms with Crippen LogP contribution in [0.3, 0.4) is 0 Å². The van der Waals surface area contributed by atoms with E-state index in [1.54, 1.807) is 31.2 Å². The minimum atomic E-state index is -3.72. The van der Waals surface area contributed by atoms with Crippen molar-refractivity contribution in [3.8, 4) is 5.75 Å². The summed E-state index contributed by atoms with van der Waals surface area (Å²) in [7, 11) is -2.28. The lowest BCUT2D eigenvalue weighted by Crippen LogP contribution is -2.27. The first-order valence-corrected chi connectivity index (χ1v) is 7.41. The lowest BCUT2D eigenvalue weighted by molar-refractivity contribution is 0.475. The Kier molecular flexibility index (Phi) is 3.59. The zero-order chi connectivity index (χ0) is 14.9. The van der Waals surface area contributed by atoms with Gasteiger partial charge >= 0.3 is 0 Å². The Morgan fingerprint density at radius 1 is 1.15 bits per heavy atom. The Labute approximate surface area is 118 Å². The molecular formula is C14H16N2O3S. The summed E-state index contributed by atoms with van der Waals surface area (Å²) in [6.07, 6.45) is 0. The molecule has 6 heteroatoms. The first-order valence-electron chi connectivity index (χ1n) is 5.97. The number of hydrogen-bond acceptors (Lipinski definition) is 4. The number of aromatic hydroxyl groups is 1. The molecule has 2 aromatic carbocycles. The van der Waals surface area contributed by atoms with Crippen LogP contribution < -0.4 is 10.0 Å². The average molecular weight is 292 g/mol. The van der Waals surface area contributed by atoms with Crippen molar-refractivity contribution >= 4 is 21.4 Å². The normalized spacial score (nSPS) is 11.3. The Balaban J connectivity index is 2.52. The number of hydrogen-bond donors (Lipinski definition) is 2. The maximum atomic E-state index is 12.6. The Morgan fingerprint density at radius 3 is 2.45 bits per heavy atom. The summed E-state index contributed by atoms with van der Waals surface area (Å²) < 4.78 is 26.3. The van der Waals surface area contributed by atoms with E-state index in [0.717, 1.165) is 4.31 Å². The van der Waals surface area contributed by atoms with E-state index in [-0.39, 0.29) is 10.6 Å². The largest absolute Gasteiger partial charge is 0.508 e. The summed E-state index contributed by atoms with van der Waals surface area (Å²) in [5.74, 6) is 0.00819. The molecule has 2 aromatic rings. The highest BCUT2D eigenvalue weighted by Crippen LogP contribution is 2.28. The molecule has 0 unspecified atom stereocenters. The molecule has 20 heavy (non-hydrogen) atoms. The van der Waals surface area contributed by atoms with Crippen LogP contribution in [0.5, 0.6) is 5.75 Å². The van der Waals surface area contributed by atoms with Gasteiger partial charge in [-0.05, 0) is 36.8 Å². The maximum absolute atomic E-state index is 12.6. The van der Waals surface area contributed by atoms with Crippen molar-refractivity contribution in [2.75, 3.05) is 17.1 Å². The molecule has 0 aliphatic carbocycles. The molecule has 0 heterocycles. The molecule has 0 amide bonds. The third-order valence-corrected chi connectivity index (χ3v) is 5.09. The van der Waals surface area contributed by atoms with E-state index in [4.69, 9.17) is 5.73 Å². The molecule has 0 fully saturated rings. The van der Waals surface area contributed by atoms with Crippen LogP contribution in [0.25, 0.3) is 0 Å². The fourth-order valence-electron chi connectivity index (χ4n) is 1.89. The standard InChI is InChI=1S/C14H16N2O3S/c1-10-13(15)7-4-8-14(10)20(18,19)16(2)11-5-3-6-12(17)9-11/h3-9,17H,15H2,1-2H3. The second kappa shape index (κ2) is 5.05. The Hall–Kier alpha value is -2.21. The minimum absolute atomic E-state index is 0.00819. The van der Waals surface area contributed by atoms with Gasteiger partial charge in [0.1, 0.15) is 5.75 Å². The molecule has 3 N–H and O–H groups in total. The van der Waals surface area contributed by atoms with Gasteiger partial charge in [0.25, 0.3) is 10.0 Å². The van der Waals surface area contributed by atoms with Crippen molar-refractivity contribution < 1.29 is 13.5 Å². The Morgan fingerprint density at radius 2 is 1.80 bits per heavy atom. The number of phenolic OH excluding ortho intramolecular Hbond substituents is 1. The van der Waals surface area contributed by atoms with Crippen LogP contribution in [-0.4, -0.2) is 20.6 Å². The molecular weight excluding hydrogens is 276 g/mol. The van der Waals surface area contributed by atoms with E-state index in [1.807, 2.05) is 0 Å². The van der Waals surface area contributed by atoms with Crippen LogP contribution in [-0.2, 0) is 10.0 Å². The van der Waals surface area contributed by atoms with Crippen LogP contribution in [0.2, 0.25) is 0 Å². The van der Waals surface area contributed by atoms with Gasteiger partial charge in [-0.2, -0.15) is 0 Å². The van der Waals surface area contributed by atoms with Gasteiger partial charge in [0.15, 0.2) is 0 Å². The van der Waals surface area contributed by atoms with Gasteiger partial charge in [-0.3, -0.25) is 4.31 Å². The predicted molar refractivity (Wildman–Crippen MR) is 79.3 cm³/mol. The quantitative estimate of drug-likeness (QED) is 0.849. The van der Waals surface area contributed by atoms with Gasteiger partial charge in [0, 0.05) is 18.8 Å². The van der Waals surface area contributed by atoms with Crippen LogP contribution in [0.4, 0.5) is 11.4 Å². The summed E-state index contributed by atoms with van der Waals surface area (Å²) in [6, 6.07) is 10.8. The maximum Gasteiger partial charge on any atom is 0.264 e. The van der Waals surface area contributed by atoms with Gasteiger partial charge in [-0.25, -0.2) is 8.42 Å². The molecule has 0 radical (unpaired) electrons. The highest BCUT2D eigenvalue weighted by Gasteiger charge is 2.24. The molecule has 2 rings (SSSR count). The first-order chi connectivity index (χ1) is 9.34. The van der Waals surface area contributed by atoms with Crippen LogP contribution in [0, 0.1) is 6.92 Å². The molecule has 0 aliphatic rings. The van der Waals surface area contributed by atoms with Gasteiger partial charge in [0.05, 0.1) is 10.6 Å². The predicted octanol–water partition coefficient (Wildman–Crippen LogP) is 2.11. The Bertz CT molecular complexity index is 742. The van der Waals surface area contributed by atoms with Gasteiger partial charge in [-0.1, -0.05) is 12.1 Å². The first kappa shape index (κ1) is 14.2. The number of sulfonamides is 1. The summed E-state index contributed by atoms with van der Waals surface area (Å²) in [6.45, 7) is 1.67. The van der Waals surface area contributed by atoms with Crippen molar-refractivity contribution in [2.45, 2.75) is 11.8 Å². The average Bonchev–Trinajstić information content (AvgIpc) is 2.40. The molecule has 0 saturated heterocycles. The molecule has 5 nitrogen and oxygen atoms in total. The third-order valence-electron chi connectivity index (χ3n) is 3.16. The lowest BCUT2D eigenvalue weighted by atomic mass is 10.2. The second-order valence-corrected chi connectivity index (χ2v) is 6.40. The van der Waals surface area contributed by atoms with Crippen molar-refractivity contribution in [2.24, 2.45) is 0 Å². The number of phenols is 1. The SMILES string of the molecule is Cc1c(N)cccc1S(=O)(=O)N(C)c1cccc(O)c1. The fourth-order valence-corrected chi connectivity index (χ4v) is 3.33.